The maximum absolute atomic E-state index is 13.2. The lowest BCUT2D eigenvalue weighted by molar-refractivity contribution is -0.140. The van der Waals surface area contributed by atoms with Crippen LogP contribution in [0.1, 0.15) is 30.0 Å². The zero-order chi connectivity index (χ0) is 19.7. The first-order chi connectivity index (χ1) is 13.6. The van der Waals surface area contributed by atoms with E-state index in [1.165, 1.54) is 17.4 Å². The molecular weight excluding hydrogens is 358 g/mol. The third-order valence-corrected chi connectivity index (χ3v) is 5.04. The molecule has 1 saturated carbocycles. The molecule has 0 radical (unpaired) electrons. The summed E-state index contributed by atoms with van der Waals surface area (Å²) in [6.45, 7) is -0.00261. The van der Waals surface area contributed by atoms with E-state index >= 15 is 0 Å². The molecule has 4 rings (SSSR count). The minimum atomic E-state index is -0.847. The van der Waals surface area contributed by atoms with Crippen LogP contribution in [0.3, 0.4) is 0 Å². The van der Waals surface area contributed by atoms with Crippen LogP contribution in [-0.4, -0.2) is 40.2 Å². The van der Waals surface area contributed by atoms with Crippen LogP contribution < -0.4 is 10.2 Å². The Balaban J connectivity index is 1.70. The molecule has 0 spiro atoms. The van der Waals surface area contributed by atoms with Gasteiger partial charge in [-0.05, 0) is 18.4 Å². The van der Waals surface area contributed by atoms with Gasteiger partial charge in [0.2, 0.25) is 11.7 Å². The molecule has 2 heterocycles. The van der Waals surface area contributed by atoms with Crippen LogP contribution in [0.4, 0.5) is 5.69 Å². The highest BCUT2D eigenvalue weighted by Gasteiger charge is 2.48. The van der Waals surface area contributed by atoms with E-state index in [4.69, 9.17) is 0 Å². The predicted octanol–water partition coefficient (Wildman–Crippen LogP) is 0.943. The number of nitrogens with zero attached hydrogens (tertiary/aromatic N) is 4. The second kappa shape index (κ2) is 7.19. The SMILES string of the molecule is N#Cc1ncncc1N1C[C@H](C(=O)C(=O)NC2CC2)[C@@H](c2ccccc2)C1=O. The van der Waals surface area contributed by atoms with Crippen molar-refractivity contribution in [3.05, 3.63) is 54.1 Å². The number of nitrogens with one attached hydrogen (secondary N) is 1. The first-order valence-electron chi connectivity index (χ1n) is 9.01. The van der Waals surface area contributed by atoms with E-state index in [0.29, 0.717) is 5.56 Å². The van der Waals surface area contributed by atoms with Gasteiger partial charge in [0.05, 0.1) is 23.7 Å². The highest BCUT2D eigenvalue weighted by Crippen LogP contribution is 2.37. The van der Waals surface area contributed by atoms with Crippen LogP contribution in [0.15, 0.2) is 42.9 Å². The molecule has 28 heavy (non-hydrogen) atoms. The van der Waals surface area contributed by atoms with Gasteiger partial charge in [-0.25, -0.2) is 9.97 Å². The van der Waals surface area contributed by atoms with E-state index in [9.17, 15) is 19.6 Å². The lowest BCUT2D eigenvalue weighted by Crippen LogP contribution is -2.39. The quantitative estimate of drug-likeness (QED) is 0.778. The van der Waals surface area contributed by atoms with Crippen LogP contribution in [0.25, 0.3) is 0 Å². The summed E-state index contributed by atoms with van der Waals surface area (Å²) in [5, 5.41) is 12.0. The summed E-state index contributed by atoms with van der Waals surface area (Å²) >= 11 is 0. The Morgan fingerprint density at radius 1 is 1.21 bits per heavy atom. The van der Waals surface area contributed by atoms with Gasteiger partial charge in [-0.3, -0.25) is 14.4 Å². The molecule has 140 valence electrons. The largest absolute Gasteiger partial charge is 0.347 e. The molecule has 1 N–H and O–H groups in total. The fourth-order valence-corrected chi connectivity index (χ4v) is 3.48. The van der Waals surface area contributed by atoms with Crippen molar-refractivity contribution in [2.24, 2.45) is 5.92 Å². The molecule has 0 unspecified atom stereocenters. The van der Waals surface area contributed by atoms with Gasteiger partial charge in [-0.2, -0.15) is 5.26 Å². The molecule has 2 fully saturated rings. The smallest absolute Gasteiger partial charge is 0.287 e. The minimum Gasteiger partial charge on any atom is -0.347 e. The van der Waals surface area contributed by atoms with E-state index in [-0.39, 0.29) is 29.9 Å². The molecule has 2 amide bonds. The Labute approximate surface area is 161 Å². The average Bonchev–Trinajstić information content (AvgIpc) is 3.48. The van der Waals surface area contributed by atoms with Gasteiger partial charge < -0.3 is 10.2 Å². The maximum Gasteiger partial charge on any atom is 0.287 e. The van der Waals surface area contributed by atoms with E-state index in [1.807, 2.05) is 12.1 Å². The van der Waals surface area contributed by atoms with Crippen molar-refractivity contribution in [3.63, 3.8) is 0 Å². The van der Waals surface area contributed by atoms with E-state index in [0.717, 1.165) is 12.8 Å². The second-order valence-electron chi connectivity index (χ2n) is 6.92. The molecule has 1 aromatic carbocycles. The number of ketones is 1. The van der Waals surface area contributed by atoms with Crippen LogP contribution in [0.2, 0.25) is 0 Å². The van der Waals surface area contributed by atoms with Gasteiger partial charge in [0.1, 0.15) is 12.4 Å². The molecule has 1 aromatic heterocycles. The first kappa shape index (κ1) is 17.8. The molecule has 1 saturated heterocycles. The number of carbonyl (C=O) groups excluding carboxylic acids is 3. The van der Waals surface area contributed by atoms with Crippen molar-refractivity contribution < 1.29 is 14.4 Å². The van der Waals surface area contributed by atoms with Gasteiger partial charge >= 0.3 is 0 Å². The van der Waals surface area contributed by atoms with Gasteiger partial charge in [-0.1, -0.05) is 30.3 Å². The zero-order valence-corrected chi connectivity index (χ0v) is 14.9. The van der Waals surface area contributed by atoms with Crippen molar-refractivity contribution >= 4 is 23.3 Å². The maximum atomic E-state index is 13.2. The Hall–Kier alpha value is -3.60. The topological polar surface area (TPSA) is 116 Å². The van der Waals surface area contributed by atoms with E-state index in [2.05, 4.69) is 15.3 Å². The van der Waals surface area contributed by atoms with Gasteiger partial charge in [-0.15, -0.1) is 0 Å². The molecule has 0 bridgehead atoms. The number of hydrogen-bond acceptors (Lipinski definition) is 6. The van der Waals surface area contributed by atoms with Crippen molar-refractivity contribution in [1.82, 2.24) is 15.3 Å². The Morgan fingerprint density at radius 2 is 1.96 bits per heavy atom. The summed E-state index contributed by atoms with van der Waals surface area (Å²) in [7, 11) is 0. The number of amides is 2. The number of Topliss-reactive ketones (excluding diaryl/α,β-unsaturated/α-hetero) is 1. The number of benzene rings is 1. The summed E-state index contributed by atoms with van der Waals surface area (Å²) in [5.41, 5.74) is 0.947. The monoisotopic (exact) mass is 375 g/mol. The number of anilines is 1. The third kappa shape index (κ3) is 3.22. The number of carbonyl (C=O) groups is 3. The van der Waals surface area contributed by atoms with Crippen LogP contribution in [0, 0.1) is 17.2 Å². The molecule has 2 aromatic rings. The van der Waals surface area contributed by atoms with Crippen LogP contribution in [0.5, 0.6) is 0 Å². The summed E-state index contributed by atoms with van der Waals surface area (Å²) < 4.78 is 0. The Kier molecular flexibility index (Phi) is 4.57. The van der Waals surface area contributed by atoms with Crippen molar-refractivity contribution in [1.29, 1.82) is 5.26 Å². The standard InChI is InChI=1S/C20H17N5O3/c21-8-15-16(9-22-11-23-15)25-10-14(18(26)19(27)24-13-6-7-13)17(20(25)28)12-4-2-1-3-5-12/h1-5,9,11,13-14,17H,6-7,10H2,(H,24,27)/t14-,17+/m0/s1. The molecule has 1 aliphatic carbocycles. The highest BCUT2D eigenvalue weighted by atomic mass is 16.2. The van der Waals surface area contributed by atoms with Gasteiger partial charge in [0.25, 0.3) is 5.91 Å². The predicted molar refractivity (Wildman–Crippen MR) is 97.9 cm³/mol. The molecular formula is C20H17N5O3. The van der Waals surface area contributed by atoms with Gasteiger partial charge in [0.15, 0.2) is 5.69 Å². The average molecular weight is 375 g/mol. The summed E-state index contributed by atoms with van der Waals surface area (Å²) in [6, 6.07) is 10.9. The van der Waals surface area contributed by atoms with Crippen LogP contribution in [-0.2, 0) is 14.4 Å². The Morgan fingerprint density at radius 3 is 2.64 bits per heavy atom. The molecule has 2 aliphatic rings. The fraction of sp³-hybridized carbons (Fsp3) is 0.300. The number of hydrogen-bond donors (Lipinski definition) is 1. The number of rotatable bonds is 5. The van der Waals surface area contributed by atoms with Gasteiger partial charge in [0, 0.05) is 12.6 Å². The first-order valence-corrected chi connectivity index (χ1v) is 9.01. The second-order valence-corrected chi connectivity index (χ2v) is 6.92. The summed E-state index contributed by atoms with van der Waals surface area (Å²) in [5.74, 6) is -3.28. The summed E-state index contributed by atoms with van der Waals surface area (Å²) in [6.07, 6.45) is 4.33. The van der Waals surface area contributed by atoms with Crippen molar-refractivity contribution in [3.8, 4) is 6.07 Å². The molecule has 2 atom stereocenters. The number of nitriles is 1. The normalized spacial score (nSPS) is 21.2. The van der Waals surface area contributed by atoms with Crippen molar-refractivity contribution in [2.45, 2.75) is 24.8 Å². The summed E-state index contributed by atoms with van der Waals surface area (Å²) in [4.78, 5) is 47.6. The molecule has 8 nitrogen and oxygen atoms in total. The minimum absolute atomic E-state index is 0.00261. The lowest BCUT2D eigenvalue weighted by atomic mass is 9.85. The van der Waals surface area contributed by atoms with E-state index < -0.39 is 23.5 Å². The zero-order valence-electron chi connectivity index (χ0n) is 14.9. The fourth-order valence-electron chi connectivity index (χ4n) is 3.48. The van der Waals surface area contributed by atoms with Crippen molar-refractivity contribution in [2.75, 3.05) is 11.4 Å². The molecule has 8 heteroatoms. The molecule has 1 aliphatic heterocycles. The highest BCUT2D eigenvalue weighted by molar-refractivity contribution is 6.38. The van der Waals surface area contributed by atoms with Crippen LogP contribution >= 0.6 is 0 Å². The lowest BCUT2D eigenvalue weighted by Gasteiger charge is -2.16. The Bertz CT molecular complexity index is 981. The third-order valence-electron chi connectivity index (χ3n) is 5.04. The van der Waals surface area contributed by atoms with E-state index in [1.54, 1.807) is 24.3 Å². The number of aromatic nitrogens is 2.